The van der Waals surface area contributed by atoms with Crippen LogP contribution in [0.3, 0.4) is 0 Å². The average Bonchev–Trinajstić information content (AvgIpc) is 2.70. The van der Waals surface area contributed by atoms with Crippen molar-refractivity contribution in [3.05, 3.63) is 65.7 Å². The lowest BCUT2D eigenvalue weighted by atomic mass is 10.0. The number of esters is 1. The lowest BCUT2D eigenvalue weighted by Gasteiger charge is -2.35. The second-order valence-electron chi connectivity index (χ2n) is 7.67. The predicted octanol–water partition coefficient (Wildman–Crippen LogP) is 3.52. The van der Waals surface area contributed by atoms with Crippen LogP contribution in [0.25, 0.3) is 0 Å². The molecular weight excluding hydrogens is 382 g/mol. The summed E-state index contributed by atoms with van der Waals surface area (Å²) in [4.78, 5) is 38.1. The van der Waals surface area contributed by atoms with Gasteiger partial charge in [-0.05, 0) is 50.6 Å². The summed E-state index contributed by atoms with van der Waals surface area (Å²) < 4.78 is 5.20. The molecule has 0 aliphatic rings. The molecule has 1 N–H and O–H groups in total. The van der Waals surface area contributed by atoms with Crippen molar-refractivity contribution in [1.29, 1.82) is 5.26 Å². The topological polar surface area (TPSA) is 99.5 Å². The molecular formula is C23H25N3O4. The van der Waals surface area contributed by atoms with E-state index in [4.69, 9.17) is 10.00 Å². The molecule has 156 valence electrons. The normalized spacial score (nSPS) is 10.6. The minimum Gasteiger partial charge on any atom is -0.452 e. The molecule has 2 rings (SSSR count). The monoisotopic (exact) mass is 407 g/mol. The number of anilines is 1. The lowest BCUT2D eigenvalue weighted by Crippen LogP contribution is -2.46. The van der Waals surface area contributed by atoms with E-state index in [0.29, 0.717) is 12.2 Å². The maximum atomic E-state index is 12.7. The number of carbonyl (C=O) groups is 3. The first-order chi connectivity index (χ1) is 14.2. The van der Waals surface area contributed by atoms with Crippen molar-refractivity contribution in [3.63, 3.8) is 0 Å². The zero-order valence-corrected chi connectivity index (χ0v) is 17.3. The Morgan fingerprint density at radius 1 is 1.03 bits per heavy atom. The van der Waals surface area contributed by atoms with Crippen LogP contribution in [0.2, 0.25) is 0 Å². The number of nitriles is 1. The highest BCUT2D eigenvalue weighted by molar-refractivity contribution is 5.94. The van der Waals surface area contributed by atoms with E-state index in [1.54, 1.807) is 11.0 Å². The Kier molecular flexibility index (Phi) is 7.70. The quantitative estimate of drug-likeness (QED) is 0.708. The van der Waals surface area contributed by atoms with Crippen LogP contribution >= 0.6 is 0 Å². The summed E-state index contributed by atoms with van der Waals surface area (Å²) in [6, 6.07) is 17.4. The zero-order valence-electron chi connectivity index (χ0n) is 17.3. The highest BCUT2D eigenvalue weighted by Gasteiger charge is 2.27. The molecule has 0 aromatic heterocycles. The van der Waals surface area contributed by atoms with Crippen LogP contribution in [-0.4, -0.2) is 34.8 Å². The molecule has 0 aliphatic carbocycles. The summed E-state index contributed by atoms with van der Waals surface area (Å²) >= 11 is 0. The molecule has 0 atom stereocenters. The maximum Gasteiger partial charge on any atom is 0.338 e. The summed E-state index contributed by atoms with van der Waals surface area (Å²) in [7, 11) is 0. The molecule has 0 bridgehead atoms. The Bertz CT molecular complexity index is 926. The number of ether oxygens (including phenoxy) is 1. The van der Waals surface area contributed by atoms with Gasteiger partial charge in [-0.25, -0.2) is 4.79 Å². The third-order valence-corrected chi connectivity index (χ3v) is 4.27. The van der Waals surface area contributed by atoms with Crippen molar-refractivity contribution in [1.82, 2.24) is 4.90 Å². The molecule has 2 aromatic carbocycles. The van der Waals surface area contributed by atoms with Crippen molar-refractivity contribution >= 4 is 23.5 Å². The van der Waals surface area contributed by atoms with Crippen molar-refractivity contribution in [2.24, 2.45) is 0 Å². The largest absolute Gasteiger partial charge is 0.452 e. The number of amides is 2. The van der Waals surface area contributed by atoms with Gasteiger partial charge >= 0.3 is 5.97 Å². The van der Waals surface area contributed by atoms with Gasteiger partial charge in [0.05, 0.1) is 11.6 Å². The van der Waals surface area contributed by atoms with Gasteiger partial charge in [0.2, 0.25) is 5.91 Å². The van der Waals surface area contributed by atoms with Crippen LogP contribution in [-0.2, 0) is 20.9 Å². The van der Waals surface area contributed by atoms with E-state index in [2.05, 4.69) is 5.32 Å². The number of nitrogens with one attached hydrogen (secondary N) is 1. The predicted molar refractivity (Wildman–Crippen MR) is 112 cm³/mol. The molecule has 0 radical (unpaired) electrons. The van der Waals surface area contributed by atoms with Gasteiger partial charge in [-0.15, -0.1) is 0 Å². The third kappa shape index (κ3) is 6.74. The molecule has 0 spiro atoms. The highest BCUT2D eigenvalue weighted by atomic mass is 16.5. The standard InChI is InChI=1S/C23H25N3O4/c1-23(2,3)26(15-17-7-5-4-6-8-17)21(28)16-30-22(29)18-9-11-19(12-10-18)25-20(27)13-14-24/h4-12H,13,15-16H2,1-3H3,(H,25,27). The molecule has 0 heterocycles. The molecule has 7 heteroatoms. The number of nitrogens with zero attached hydrogens (tertiary/aromatic N) is 2. The van der Waals surface area contributed by atoms with Crippen LogP contribution in [0, 0.1) is 11.3 Å². The second kappa shape index (κ2) is 10.2. The van der Waals surface area contributed by atoms with E-state index in [0.717, 1.165) is 5.56 Å². The van der Waals surface area contributed by atoms with Gasteiger partial charge in [-0.1, -0.05) is 30.3 Å². The fraction of sp³-hybridized carbons (Fsp3) is 0.304. The second-order valence-corrected chi connectivity index (χ2v) is 7.67. The maximum absolute atomic E-state index is 12.7. The van der Waals surface area contributed by atoms with E-state index in [1.165, 1.54) is 24.3 Å². The lowest BCUT2D eigenvalue weighted by molar-refractivity contribution is -0.140. The molecule has 2 aromatic rings. The summed E-state index contributed by atoms with van der Waals surface area (Å²) in [6.07, 6.45) is -0.251. The highest BCUT2D eigenvalue weighted by Crippen LogP contribution is 2.18. The van der Waals surface area contributed by atoms with Crippen LogP contribution < -0.4 is 5.32 Å². The van der Waals surface area contributed by atoms with Gasteiger partial charge in [0.25, 0.3) is 5.91 Å². The molecule has 30 heavy (non-hydrogen) atoms. The number of benzene rings is 2. The minimum absolute atomic E-state index is 0.251. The fourth-order valence-electron chi connectivity index (χ4n) is 2.72. The van der Waals surface area contributed by atoms with Crippen LogP contribution in [0.4, 0.5) is 5.69 Å². The van der Waals surface area contributed by atoms with Gasteiger partial charge in [0.1, 0.15) is 6.42 Å². The van der Waals surface area contributed by atoms with Crippen molar-refractivity contribution in [2.75, 3.05) is 11.9 Å². The summed E-state index contributed by atoms with van der Waals surface area (Å²) in [5.74, 6) is -1.36. The number of rotatable bonds is 7. The Morgan fingerprint density at radius 3 is 2.23 bits per heavy atom. The summed E-state index contributed by atoms with van der Waals surface area (Å²) in [5.41, 5.74) is 1.26. The van der Waals surface area contributed by atoms with Crippen molar-refractivity contribution in [2.45, 2.75) is 39.3 Å². The SMILES string of the molecule is CC(C)(C)N(Cc1ccccc1)C(=O)COC(=O)c1ccc(NC(=O)CC#N)cc1. The Labute approximate surface area is 176 Å². The van der Waals surface area contributed by atoms with E-state index in [1.807, 2.05) is 51.1 Å². The molecule has 0 fully saturated rings. The fourth-order valence-corrected chi connectivity index (χ4v) is 2.72. The Balaban J connectivity index is 1.97. The van der Waals surface area contributed by atoms with Crippen molar-refractivity contribution < 1.29 is 19.1 Å². The van der Waals surface area contributed by atoms with Crippen LogP contribution in [0.15, 0.2) is 54.6 Å². The number of hydrogen-bond donors (Lipinski definition) is 1. The first-order valence-corrected chi connectivity index (χ1v) is 9.49. The first kappa shape index (κ1) is 22.6. The molecule has 0 saturated heterocycles. The summed E-state index contributed by atoms with van der Waals surface area (Å²) in [6.45, 7) is 5.82. The van der Waals surface area contributed by atoms with E-state index < -0.39 is 17.4 Å². The van der Waals surface area contributed by atoms with E-state index >= 15 is 0 Å². The minimum atomic E-state index is -0.633. The molecule has 2 amide bonds. The zero-order chi connectivity index (χ0) is 22.1. The van der Waals surface area contributed by atoms with Gasteiger partial charge < -0.3 is 15.0 Å². The van der Waals surface area contributed by atoms with E-state index in [9.17, 15) is 14.4 Å². The van der Waals surface area contributed by atoms with Gasteiger partial charge in [-0.2, -0.15) is 5.26 Å². The molecule has 0 saturated carbocycles. The van der Waals surface area contributed by atoms with E-state index in [-0.39, 0.29) is 24.5 Å². The Hall–Kier alpha value is -3.66. The van der Waals surface area contributed by atoms with Crippen molar-refractivity contribution in [3.8, 4) is 6.07 Å². The number of hydrogen-bond acceptors (Lipinski definition) is 5. The average molecular weight is 407 g/mol. The molecule has 0 aliphatic heterocycles. The smallest absolute Gasteiger partial charge is 0.338 e. The van der Waals surface area contributed by atoms with Crippen LogP contribution in [0.5, 0.6) is 0 Å². The molecule has 7 nitrogen and oxygen atoms in total. The van der Waals surface area contributed by atoms with Gasteiger partial charge in [-0.3, -0.25) is 9.59 Å². The third-order valence-electron chi connectivity index (χ3n) is 4.27. The number of carbonyl (C=O) groups excluding carboxylic acids is 3. The van der Waals surface area contributed by atoms with Gasteiger partial charge in [0.15, 0.2) is 6.61 Å². The first-order valence-electron chi connectivity index (χ1n) is 9.49. The van der Waals surface area contributed by atoms with Gasteiger partial charge in [0, 0.05) is 17.8 Å². The molecule has 0 unspecified atom stereocenters. The van der Waals surface area contributed by atoms with Crippen LogP contribution in [0.1, 0.15) is 43.1 Å². The summed E-state index contributed by atoms with van der Waals surface area (Å²) in [5, 5.41) is 11.0. The Morgan fingerprint density at radius 2 is 1.67 bits per heavy atom.